The highest BCUT2D eigenvalue weighted by Gasteiger charge is 2.17. The third-order valence-electron chi connectivity index (χ3n) is 4.32. The minimum absolute atomic E-state index is 0. The summed E-state index contributed by atoms with van der Waals surface area (Å²) in [4.78, 5) is 23.8. The van der Waals surface area contributed by atoms with Crippen LogP contribution >= 0.6 is 0 Å². The summed E-state index contributed by atoms with van der Waals surface area (Å²) in [6, 6.07) is 0. The summed E-state index contributed by atoms with van der Waals surface area (Å²) in [6.07, 6.45) is 3.07. The van der Waals surface area contributed by atoms with Crippen LogP contribution in [0.4, 0.5) is 0 Å². The molecule has 0 radical (unpaired) electrons. The van der Waals surface area contributed by atoms with Crippen LogP contribution in [0, 0.1) is 0 Å². The van der Waals surface area contributed by atoms with Crippen LogP contribution in [0.1, 0.15) is 47.5 Å². The summed E-state index contributed by atoms with van der Waals surface area (Å²) in [7, 11) is 5.12. The fraction of sp³-hybridized carbons (Fsp3) is 0.750. The van der Waals surface area contributed by atoms with Crippen molar-refractivity contribution in [1.82, 2.24) is 4.90 Å². The molecule has 0 aromatic carbocycles. The summed E-state index contributed by atoms with van der Waals surface area (Å²) >= 11 is 0. The molecule has 1 rings (SSSR count). The number of esters is 2. The average molecular weight is 510 g/mol. The zero-order valence-corrected chi connectivity index (χ0v) is 22.5. The lowest BCUT2D eigenvalue weighted by Crippen LogP contribution is -2.43. The zero-order chi connectivity index (χ0) is 26.1. The number of unbranched alkanes of at least 4 members (excludes halogenated alkanes) is 1. The predicted molar refractivity (Wildman–Crippen MR) is 138 cm³/mol. The molecule has 0 unspecified atom stereocenters. The quantitative estimate of drug-likeness (QED) is 0.181. The van der Waals surface area contributed by atoms with Gasteiger partial charge < -0.3 is 18.9 Å². The maximum Gasteiger partial charge on any atom is 0.333 e. The number of nitrogens with zero attached hydrogens (tertiary/aromatic N) is 2. The van der Waals surface area contributed by atoms with Crippen LogP contribution < -0.4 is 0 Å². The van der Waals surface area contributed by atoms with Gasteiger partial charge in [-0.25, -0.2) is 9.59 Å². The lowest BCUT2D eigenvalue weighted by molar-refractivity contribution is -0.890. The highest BCUT2D eigenvalue weighted by molar-refractivity contribution is 7.86. The van der Waals surface area contributed by atoms with Crippen LogP contribution in [0.2, 0.25) is 0 Å². The van der Waals surface area contributed by atoms with Crippen molar-refractivity contribution in [3.05, 3.63) is 24.3 Å². The normalized spacial score (nSPS) is 13.9. The molecule has 1 aliphatic heterocycles. The Hall–Kier alpha value is -1.75. The molecule has 0 saturated carbocycles. The molecule has 34 heavy (non-hydrogen) atoms. The van der Waals surface area contributed by atoms with Crippen molar-refractivity contribution in [2.45, 2.75) is 47.5 Å². The summed E-state index contributed by atoms with van der Waals surface area (Å²) in [5, 5.41) is 0. The monoisotopic (exact) mass is 509 g/mol. The van der Waals surface area contributed by atoms with Crippen LogP contribution in [0.25, 0.3) is 0 Å². The van der Waals surface area contributed by atoms with E-state index in [0.29, 0.717) is 37.4 Å². The molecule has 0 aromatic heterocycles. The first-order valence-electron chi connectivity index (χ1n) is 11.1. The highest BCUT2D eigenvalue weighted by Crippen LogP contribution is 2.05. The number of hydrogen-bond donors (Lipinski definition) is 0. The molecular weight excluding hydrogens is 460 g/mol. The Balaban J connectivity index is -0.000000444. The molecule has 1 fully saturated rings. The van der Waals surface area contributed by atoms with Gasteiger partial charge in [0.1, 0.15) is 19.8 Å². The number of carbonyl (C=O) groups excluding carboxylic acids is 2. The smallest absolute Gasteiger partial charge is 0.333 e. The van der Waals surface area contributed by atoms with E-state index in [2.05, 4.69) is 38.4 Å². The van der Waals surface area contributed by atoms with E-state index in [9.17, 15) is 18.0 Å². The molecule has 0 bridgehead atoms. The van der Waals surface area contributed by atoms with Crippen LogP contribution in [0.15, 0.2) is 24.3 Å². The first-order valence-corrected chi connectivity index (χ1v) is 12.7. The van der Waals surface area contributed by atoms with E-state index in [4.69, 9.17) is 9.47 Å². The largest absolute Gasteiger partial charge is 0.461 e. The molecule has 0 N–H and O–H groups in total. The van der Waals surface area contributed by atoms with Crippen molar-refractivity contribution in [2.75, 3.05) is 73.4 Å². The summed E-state index contributed by atoms with van der Waals surface area (Å²) in [5.41, 5.74) is 0.914. The molecule has 10 heteroatoms. The fourth-order valence-corrected chi connectivity index (χ4v) is 3.09. The molecule has 202 valence electrons. The van der Waals surface area contributed by atoms with Crippen molar-refractivity contribution in [1.29, 1.82) is 0 Å². The third kappa shape index (κ3) is 23.4. The second kappa shape index (κ2) is 19.5. The van der Waals surface area contributed by atoms with Crippen LogP contribution in [-0.2, 0) is 33.4 Å². The molecule has 1 aliphatic rings. The van der Waals surface area contributed by atoms with Crippen LogP contribution in [-0.4, -0.2) is 103 Å². The van der Waals surface area contributed by atoms with Crippen molar-refractivity contribution >= 4 is 22.1 Å². The van der Waals surface area contributed by atoms with Crippen molar-refractivity contribution in [3.8, 4) is 0 Å². The Bertz CT molecular complexity index is 705. The first-order chi connectivity index (χ1) is 15.1. The summed E-state index contributed by atoms with van der Waals surface area (Å²) in [5.74, 6) is -0.398. The van der Waals surface area contributed by atoms with Crippen molar-refractivity contribution in [3.63, 3.8) is 0 Å². The number of ether oxygens (including phenoxy) is 2. The number of hydrogen-bond acceptors (Lipinski definition) is 8. The van der Waals surface area contributed by atoms with Gasteiger partial charge in [-0.15, -0.1) is 0 Å². The second-order valence-corrected chi connectivity index (χ2v) is 10.6. The number of quaternary nitrogens is 1. The average Bonchev–Trinajstić information content (AvgIpc) is 3.10. The van der Waals surface area contributed by atoms with E-state index in [0.717, 1.165) is 24.1 Å². The topological polar surface area (TPSA) is 99.2 Å². The maximum atomic E-state index is 11.1. The second-order valence-electron chi connectivity index (χ2n) is 8.81. The van der Waals surface area contributed by atoms with Crippen molar-refractivity contribution in [2.24, 2.45) is 0 Å². The standard InChI is InChI=1S/C12H24NO2.C8H15NO2.C3H6O3S.CH4/c1-6-7-8-13(4,5)9-10-15-12(14)11(2)3;1-7(2)8(10)11-6-5-9(3)4;4-7(5)3-1-2-6-7;/h2,6-10H2,1,3-5H3;1,5-6H2,2-4H3;1-3H2;1H4/q+1;;;. The SMILES string of the molecule is C.C=C(C)C(=O)OCCN(C)C.C=C(C)C(=O)OCC[N+](C)(C)CCCC.O=S1(=O)CCCO1. The van der Waals surface area contributed by atoms with Gasteiger partial charge in [-0.05, 0) is 40.8 Å². The fourth-order valence-electron chi connectivity index (χ4n) is 2.13. The Labute approximate surface area is 208 Å². The minimum Gasteiger partial charge on any atom is -0.461 e. The van der Waals surface area contributed by atoms with E-state index in [-0.39, 0.29) is 25.1 Å². The Morgan fingerprint density at radius 3 is 1.82 bits per heavy atom. The van der Waals surface area contributed by atoms with Gasteiger partial charge in [0.25, 0.3) is 10.1 Å². The molecule has 0 aliphatic carbocycles. The zero-order valence-electron chi connectivity index (χ0n) is 21.6. The lowest BCUT2D eigenvalue weighted by Gasteiger charge is -2.29. The highest BCUT2D eigenvalue weighted by atomic mass is 32.2. The van der Waals surface area contributed by atoms with E-state index < -0.39 is 10.1 Å². The van der Waals surface area contributed by atoms with E-state index in [1.165, 1.54) is 12.8 Å². The van der Waals surface area contributed by atoms with E-state index in [1.54, 1.807) is 13.8 Å². The predicted octanol–water partition coefficient (Wildman–Crippen LogP) is 3.02. The molecule has 0 amide bonds. The molecule has 0 spiro atoms. The Kier molecular flexibility index (Phi) is 21.2. The van der Waals surface area contributed by atoms with Gasteiger partial charge in [0.2, 0.25) is 0 Å². The number of rotatable bonds is 11. The third-order valence-corrected chi connectivity index (χ3v) is 5.63. The van der Waals surface area contributed by atoms with Crippen molar-refractivity contribution < 1.29 is 36.1 Å². The summed E-state index contributed by atoms with van der Waals surface area (Å²) in [6.45, 7) is 16.5. The Morgan fingerprint density at radius 1 is 1.00 bits per heavy atom. The van der Waals surface area contributed by atoms with Crippen LogP contribution in [0.3, 0.4) is 0 Å². The molecule has 0 atom stereocenters. The lowest BCUT2D eigenvalue weighted by atomic mass is 10.3. The van der Waals surface area contributed by atoms with Gasteiger partial charge >= 0.3 is 11.9 Å². The molecule has 9 nitrogen and oxygen atoms in total. The van der Waals surface area contributed by atoms with E-state index >= 15 is 0 Å². The maximum absolute atomic E-state index is 11.1. The van der Waals surface area contributed by atoms with E-state index in [1.807, 2.05) is 19.0 Å². The number of carbonyl (C=O) groups is 2. The Morgan fingerprint density at radius 2 is 1.50 bits per heavy atom. The van der Waals surface area contributed by atoms with Gasteiger partial charge in [-0.1, -0.05) is 33.9 Å². The number of likely N-dealkylation sites (N-methyl/N-ethyl adjacent to an activating group) is 2. The molecule has 0 aromatic rings. The first kappa shape index (κ1) is 36.8. The molecule has 1 heterocycles. The van der Waals surface area contributed by atoms with Gasteiger partial charge in [-0.3, -0.25) is 4.18 Å². The van der Waals surface area contributed by atoms with Gasteiger partial charge in [-0.2, -0.15) is 8.42 Å². The summed E-state index contributed by atoms with van der Waals surface area (Å²) < 4.78 is 35.5. The van der Waals surface area contributed by atoms with Gasteiger partial charge in [0.15, 0.2) is 0 Å². The van der Waals surface area contributed by atoms with Gasteiger partial charge in [0, 0.05) is 17.7 Å². The van der Waals surface area contributed by atoms with Gasteiger partial charge in [0.05, 0.1) is 33.0 Å². The van der Waals surface area contributed by atoms with Crippen LogP contribution in [0.5, 0.6) is 0 Å². The molecule has 1 saturated heterocycles. The minimum atomic E-state index is -3.05. The molecular formula is C24H49N2O7S+.